The van der Waals surface area contributed by atoms with Gasteiger partial charge in [-0.1, -0.05) is 34.1 Å². The van der Waals surface area contributed by atoms with E-state index in [9.17, 15) is 4.79 Å². The van der Waals surface area contributed by atoms with Crippen molar-refractivity contribution in [3.63, 3.8) is 0 Å². The smallest absolute Gasteiger partial charge is 0.315 e. The number of nitrogens with one attached hydrogen (secondary N) is 2. The van der Waals surface area contributed by atoms with E-state index in [1.165, 1.54) is 0 Å². The summed E-state index contributed by atoms with van der Waals surface area (Å²) in [5, 5.41) is 5.75. The fraction of sp³-hybridized carbons (Fsp3) is 0.533. The molecular formula is C15H22BrN3O2. The average Bonchev–Trinajstić information content (AvgIpc) is 2.52. The van der Waals surface area contributed by atoms with Crippen LogP contribution >= 0.6 is 15.9 Å². The second-order valence-corrected chi connectivity index (χ2v) is 5.86. The van der Waals surface area contributed by atoms with Gasteiger partial charge >= 0.3 is 6.03 Å². The summed E-state index contributed by atoms with van der Waals surface area (Å²) in [6, 6.07) is 7.76. The molecule has 6 heteroatoms. The summed E-state index contributed by atoms with van der Waals surface area (Å²) in [7, 11) is 0. The Morgan fingerprint density at radius 1 is 1.24 bits per heavy atom. The van der Waals surface area contributed by atoms with E-state index >= 15 is 0 Å². The number of amides is 2. The lowest BCUT2D eigenvalue weighted by Gasteiger charge is -2.26. The maximum Gasteiger partial charge on any atom is 0.315 e. The van der Waals surface area contributed by atoms with E-state index in [-0.39, 0.29) is 6.03 Å². The molecule has 0 saturated carbocycles. The zero-order valence-corrected chi connectivity index (χ0v) is 13.7. The minimum Gasteiger partial charge on any atom is -0.379 e. The van der Waals surface area contributed by atoms with Crippen LogP contribution in [0.4, 0.5) is 4.79 Å². The average molecular weight is 356 g/mol. The number of carbonyl (C=O) groups excluding carboxylic acids is 1. The zero-order valence-electron chi connectivity index (χ0n) is 12.1. The Hall–Kier alpha value is -1.11. The van der Waals surface area contributed by atoms with Gasteiger partial charge in [-0.2, -0.15) is 0 Å². The number of urea groups is 1. The topological polar surface area (TPSA) is 53.6 Å². The standard InChI is InChI=1S/C15H22BrN3O2/c16-14-5-2-1-4-13(14)12-18-15(20)17-6-3-7-19-8-10-21-11-9-19/h1-2,4-5H,3,6-12H2,(H2,17,18,20). The highest BCUT2D eigenvalue weighted by molar-refractivity contribution is 9.10. The molecule has 2 N–H and O–H groups in total. The van der Waals surface area contributed by atoms with Gasteiger partial charge in [0.2, 0.25) is 0 Å². The highest BCUT2D eigenvalue weighted by Crippen LogP contribution is 2.15. The van der Waals surface area contributed by atoms with Gasteiger partial charge in [0.1, 0.15) is 0 Å². The molecule has 116 valence electrons. The van der Waals surface area contributed by atoms with Crippen LogP contribution in [0, 0.1) is 0 Å². The van der Waals surface area contributed by atoms with Gasteiger partial charge in [0, 0.05) is 30.7 Å². The fourth-order valence-electron chi connectivity index (χ4n) is 2.21. The zero-order chi connectivity index (χ0) is 14.9. The summed E-state index contributed by atoms with van der Waals surface area (Å²) in [6.45, 7) is 5.85. The van der Waals surface area contributed by atoms with E-state index in [1.807, 2.05) is 24.3 Å². The van der Waals surface area contributed by atoms with Crippen molar-refractivity contribution in [2.75, 3.05) is 39.4 Å². The highest BCUT2D eigenvalue weighted by Gasteiger charge is 2.09. The number of hydrogen-bond donors (Lipinski definition) is 2. The Morgan fingerprint density at radius 3 is 2.76 bits per heavy atom. The van der Waals surface area contributed by atoms with Crippen LogP contribution in [0.2, 0.25) is 0 Å². The molecule has 1 aromatic rings. The highest BCUT2D eigenvalue weighted by atomic mass is 79.9. The molecule has 1 fully saturated rings. The van der Waals surface area contributed by atoms with Crippen LogP contribution in [-0.4, -0.2) is 50.3 Å². The van der Waals surface area contributed by atoms with Gasteiger partial charge in [-0.15, -0.1) is 0 Å². The number of nitrogens with zero attached hydrogens (tertiary/aromatic N) is 1. The van der Waals surface area contributed by atoms with Crippen molar-refractivity contribution in [3.8, 4) is 0 Å². The first kappa shape index (κ1) is 16.3. The molecule has 0 aliphatic carbocycles. The van der Waals surface area contributed by atoms with Crippen LogP contribution in [-0.2, 0) is 11.3 Å². The lowest BCUT2D eigenvalue weighted by Crippen LogP contribution is -2.39. The molecule has 1 aliphatic heterocycles. The van der Waals surface area contributed by atoms with Gasteiger partial charge in [-0.25, -0.2) is 4.79 Å². The molecule has 21 heavy (non-hydrogen) atoms. The minimum atomic E-state index is -0.118. The summed E-state index contributed by atoms with van der Waals surface area (Å²) in [6.07, 6.45) is 0.961. The SMILES string of the molecule is O=C(NCCCN1CCOCC1)NCc1ccccc1Br. The van der Waals surface area contributed by atoms with Crippen LogP contribution in [0.15, 0.2) is 28.7 Å². The van der Waals surface area contributed by atoms with E-state index in [0.29, 0.717) is 13.1 Å². The Kier molecular flexibility index (Phi) is 6.99. The van der Waals surface area contributed by atoms with Crippen LogP contribution < -0.4 is 10.6 Å². The molecule has 2 rings (SSSR count). The van der Waals surface area contributed by atoms with Crippen molar-refractivity contribution in [3.05, 3.63) is 34.3 Å². The fourth-order valence-corrected chi connectivity index (χ4v) is 2.63. The van der Waals surface area contributed by atoms with E-state index in [4.69, 9.17) is 4.74 Å². The number of ether oxygens (including phenoxy) is 1. The van der Waals surface area contributed by atoms with Crippen molar-refractivity contribution >= 4 is 22.0 Å². The normalized spacial score (nSPS) is 15.7. The Labute approximate surface area is 134 Å². The van der Waals surface area contributed by atoms with Crippen LogP contribution in [0.1, 0.15) is 12.0 Å². The Balaban J connectivity index is 1.56. The largest absolute Gasteiger partial charge is 0.379 e. The van der Waals surface area contributed by atoms with Crippen LogP contribution in [0.25, 0.3) is 0 Å². The first-order valence-electron chi connectivity index (χ1n) is 7.31. The first-order chi connectivity index (χ1) is 10.3. The molecule has 0 radical (unpaired) electrons. The molecule has 5 nitrogen and oxygen atoms in total. The lowest BCUT2D eigenvalue weighted by atomic mass is 10.2. The van der Waals surface area contributed by atoms with Crippen LogP contribution in [0.3, 0.4) is 0 Å². The minimum absolute atomic E-state index is 0.118. The summed E-state index contributed by atoms with van der Waals surface area (Å²) in [4.78, 5) is 14.1. The number of benzene rings is 1. The molecule has 1 aliphatic rings. The van der Waals surface area contributed by atoms with Gasteiger partial charge < -0.3 is 15.4 Å². The molecule has 1 aromatic carbocycles. The molecule has 0 atom stereocenters. The third kappa shape index (κ3) is 6.03. The molecule has 0 bridgehead atoms. The third-order valence-electron chi connectivity index (χ3n) is 3.44. The van der Waals surface area contributed by atoms with Gasteiger partial charge in [-0.3, -0.25) is 4.90 Å². The lowest BCUT2D eigenvalue weighted by molar-refractivity contribution is 0.0375. The maximum absolute atomic E-state index is 11.7. The summed E-state index contributed by atoms with van der Waals surface area (Å²) >= 11 is 3.47. The summed E-state index contributed by atoms with van der Waals surface area (Å²) in [5.74, 6) is 0. The Morgan fingerprint density at radius 2 is 2.00 bits per heavy atom. The van der Waals surface area contributed by atoms with E-state index < -0.39 is 0 Å². The number of carbonyl (C=O) groups is 1. The molecular weight excluding hydrogens is 334 g/mol. The molecule has 2 amide bonds. The van der Waals surface area contributed by atoms with Gasteiger partial charge in [0.25, 0.3) is 0 Å². The number of morpholine rings is 1. The Bertz CT molecular complexity index is 450. The number of halogens is 1. The predicted octanol–water partition coefficient (Wildman–Crippen LogP) is 1.97. The molecule has 0 unspecified atom stereocenters. The van der Waals surface area contributed by atoms with E-state index in [2.05, 4.69) is 31.5 Å². The first-order valence-corrected chi connectivity index (χ1v) is 8.10. The third-order valence-corrected chi connectivity index (χ3v) is 4.21. The van der Waals surface area contributed by atoms with Crippen molar-refractivity contribution in [1.29, 1.82) is 0 Å². The molecule has 1 heterocycles. The van der Waals surface area contributed by atoms with Crippen molar-refractivity contribution < 1.29 is 9.53 Å². The number of rotatable bonds is 6. The van der Waals surface area contributed by atoms with Crippen molar-refractivity contribution in [1.82, 2.24) is 15.5 Å². The molecule has 0 aromatic heterocycles. The summed E-state index contributed by atoms with van der Waals surface area (Å²) < 4.78 is 6.31. The maximum atomic E-state index is 11.7. The van der Waals surface area contributed by atoms with Crippen molar-refractivity contribution in [2.24, 2.45) is 0 Å². The van der Waals surface area contributed by atoms with Gasteiger partial charge in [0.05, 0.1) is 13.2 Å². The van der Waals surface area contributed by atoms with Gasteiger partial charge in [-0.05, 0) is 24.6 Å². The van der Waals surface area contributed by atoms with Crippen molar-refractivity contribution in [2.45, 2.75) is 13.0 Å². The summed E-state index contributed by atoms with van der Waals surface area (Å²) in [5.41, 5.74) is 1.07. The monoisotopic (exact) mass is 355 g/mol. The second-order valence-electron chi connectivity index (χ2n) is 5.01. The van der Waals surface area contributed by atoms with Gasteiger partial charge in [0.15, 0.2) is 0 Å². The predicted molar refractivity (Wildman–Crippen MR) is 86.3 cm³/mol. The molecule has 1 saturated heterocycles. The number of hydrogen-bond acceptors (Lipinski definition) is 3. The second kappa shape index (κ2) is 9.02. The quantitative estimate of drug-likeness (QED) is 0.767. The van der Waals surface area contributed by atoms with Crippen LogP contribution in [0.5, 0.6) is 0 Å². The molecule has 0 spiro atoms. The van der Waals surface area contributed by atoms with E-state index in [0.717, 1.165) is 49.3 Å². The van der Waals surface area contributed by atoms with E-state index in [1.54, 1.807) is 0 Å².